The molecule has 1 aliphatic heterocycles. The molecule has 2 atom stereocenters. The first-order valence-corrected chi connectivity index (χ1v) is 9.31. The van der Waals surface area contributed by atoms with Crippen LogP contribution < -0.4 is 0 Å². The Hall–Kier alpha value is -1.88. The summed E-state index contributed by atoms with van der Waals surface area (Å²) in [5.74, 6) is 3.40. The van der Waals surface area contributed by atoms with Crippen LogP contribution in [0.2, 0.25) is 0 Å². The van der Waals surface area contributed by atoms with Crippen LogP contribution in [0, 0.1) is 11.8 Å². The SMILES string of the molecule is C[C@H]1CCN(CCC2CC2)C[C@H]1c1ncc2cnc3[nH]ccc3n12. The first-order valence-electron chi connectivity index (χ1n) is 9.31. The maximum absolute atomic E-state index is 4.82. The van der Waals surface area contributed by atoms with Gasteiger partial charge in [-0.3, -0.25) is 4.40 Å². The van der Waals surface area contributed by atoms with E-state index in [9.17, 15) is 0 Å². The molecule has 0 unspecified atom stereocenters. The molecule has 4 heterocycles. The summed E-state index contributed by atoms with van der Waals surface area (Å²) in [4.78, 5) is 15.2. The third-order valence-electron chi connectivity index (χ3n) is 6.01. The number of aromatic amines is 1. The van der Waals surface area contributed by atoms with Crippen LogP contribution in [0.25, 0.3) is 16.7 Å². The van der Waals surface area contributed by atoms with E-state index in [1.54, 1.807) is 0 Å². The second kappa shape index (κ2) is 5.59. The van der Waals surface area contributed by atoms with Crippen LogP contribution in [-0.4, -0.2) is 43.9 Å². The Morgan fingerprint density at radius 2 is 2.08 bits per heavy atom. The molecule has 1 N–H and O–H groups in total. The molecule has 2 aliphatic rings. The van der Waals surface area contributed by atoms with Gasteiger partial charge in [-0.15, -0.1) is 0 Å². The van der Waals surface area contributed by atoms with Crippen LogP contribution in [0.4, 0.5) is 0 Å². The fraction of sp³-hybridized carbons (Fsp3) is 0.579. The number of hydrogen-bond donors (Lipinski definition) is 1. The van der Waals surface area contributed by atoms with Gasteiger partial charge in [0.25, 0.3) is 0 Å². The minimum Gasteiger partial charge on any atom is -0.345 e. The van der Waals surface area contributed by atoms with Crippen molar-refractivity contribution >= 4 is 16.7 Å². The number of likely N-dealkylation sites (tertiary alicyclic amines) is 1. The predicted molar refractivity (Wildman–Crippen MR) is 95.1 cm³/mol. The first-order chi connectivity index (χ1) is 11.8. The highest BCUT2D eigenvalue weighted by Gasteiger charge is 2.31. The van der Waals surface area contributed by atoms with Crippen molar-refractivity contribution in [2.75, 3.05) is 19.6 Å². The van der Waals surface area contributed by atoms with E-state index in [2.05, 4.69) is 32.3 Å². The Morgan fingerprint density at radius 1 is 1.21 bits per heavy atom. The van der Waals surface area contributed by atoms with E-state index < -0.39 is 0 Å². The smallest absolute Gasteiger partial charge is 0.154 e. The first kappa shape index (κ1) is 14.5. The van der Waals surface area contributed by atoms with Crippen LogP contribution in [0.3, 0.4) is 0 Å². The van der Waals surface area contributed by atoms with Crippen molar-refractivity contribution in [1.82, 2.24) is 24.3 Å². The van der Waals surface area contributed by atoms with E-state index in [1.165, 1.54) is 44.6 Å². The summed E-state index contributed by atoms with van der Waals surface area (Å²) in [7, 11) is 0. The topological polar surface area (TPSA) is 49.2 Å². The predicted octanol–water partition coefficient (Wildman–Crippen LogP) is 3.44. The highest BCUT2D eigenvalue weighted by atomic mass is 15.2. The van der Waals surface area contributed by atoms with E-state index in [0.29, 0.717) is 11.8 Å². The molecule has 0 amide bonds. The van der Waals surface area contributed by atoms with Gasteiger partial charge in [0.15, 0.2) is 5.65 Å². The molecule has 1 saturated carbocycles. The Morgan fingerprint density at radius 3 is 2.96 bits per heavy atom. The van der Waals surface area contributed by atoms with Crippen molar-refractivity contribution in [3.8, 4) is 0 Å². The van der Waals surface area contributed by atoms with Crippen molar-refractivity contribution in [2.24, 2.45) is 11.8 Å². The zero-order valence-electron chi connectivity index (χ0n) is 14.3. The van der Waals surface area contributed by atoms with Crippen molar-refractivity contribution in [2.45, 2.75) is 38.5 Å². The quantitative estimate of drug-likeness (QED) is 0.800. The Labute approximate surface area is 142 Å². The lowest BCUT2D eigenvalue weighted by Gasteiger charge is -2.36. The molecule has 24 heavy (non-hydrogen) atoms. The summed E-state index contributed by atoms with van der Waals surface area (Å²) in [6, 6.07) is 2.11. The molecular weight excluding hydrogens is 298 g/mol. The highest BCUT2D eigenvalue weighted by molar-refractivity contribution is 5.75. The zero-order valence-corrected chi connectivity index (χ0v) is 14.3. The van der Waals surface area contributed by atoms with E-state index in [1.807, 2.05) is 18.6 Å². The lowest BCUT2D eigenvalue weighted by Crippen LogP contribution is -2.39. The molecule has 5 rings (SSSR count). The maximum Gasteiger partial charge on any atom is 0.154 e. The van der Waals surface area contributed by atoms with Crippen LogP contribution in [0.1, 0.15) is 44.3 Å². The summed E-state index contributed by atoms with van der Waals surface area (Å²) in [6.07, 6.45) is 11.4. The monoisotopic (exact) mass is 323 g/mol. The molecule has 0 bridgehead atoms. The van der Waals surface area contributed by atoms with Crippen molar-refractivity contribution in [3.63, 3.8) is 0 Å². The molecule has 0 aromatic carbocycles. The van der Waals surface area contributed by atoms with E-state index in [0.717, 1.165) is 29.1 Å². The molecule has 3 aromatic heterocycles. The summed E-state index contributed by atoms with van der Waals surface area (Å²) in [6.45, 7) is 6.04. The Bertz CT molecular complexity index is 859. The molecular formula is C19H25N5. The fourth-order valence-corrected chi connectivity index (χ4v) is 4.21. The van der Waals surface area contributed by atoms with Gasteiger partial charge in [-0.05, 0) is 43.8 Å². The minimum absolute atomic E-state index is 0.501. The number of imidazole rings is 1. The molecule has 0 spiro atoms. The van der Waals surface area contributed by atoms with E-state index in [4.69, 9.17) is 4.98 Å². The van der Waals surface area contributed by atoms with E-state index >= 15 is 0 Å². The fourth-order valence-electron chi connectivity index (χ4n) is 4.21. The van der Waals surface area contributed by atoms with Crippen LogP contribution in [0.5, 0.6) is 0 Å². The highest BCUT2D eigenvalue weighted by Crippen LogP contribution is 2.35. The summed E-state index contributed by atoms with van der Waals surface area (Å²) >= 11 is 0. The molecule has 5 heteroatoms. The second-order valence-corrected chi connectivity index (χ2v) is 7.75. The minimum atomic E-state index is 0.501. The number of piperidine rings is 1. The molecule has 5 nitrogen and oxygen atoms in total. The molecule has 126 valence electrons. The Balaban J connectivity index is 1.49. The van der Waals surface area contributed by atoms with Gasteiger partial charge in [0.1, 0.15) is 5.82 Å². The maximum atomic E-state index is 4.82. The van der Waals surface area contributed by atoms with Gasteiger partial charge in [0.05, 0.1) is 23.4 Å². The molecule has 1 saturated heterocycles. The third-order valence-corrected chi connectivity index (χ3v) is 6.01. The molecule has 3 aromatic rings. The van der Waals surface area contributed by atoms with Crippen molar-refractivity contribution in [3.05, 3.63) is 30.5 Å². The number of aromatic nitrogens is 4. The largest absolute Gasteiger partial charge is 0.345 e. The Kier molecular flexibility index (Phi) is 3.37. The van der Waals surface area contributed by atoms with Gasteiger partial charge >= 0.3 is 0 Å². The summed E-state index contributed by atoms with van der Waals surface area (Å²) in [5.41, 5.74) is 3.18. The van der Waals surface area contributed by atoms with Crippen LogP contribution in [0.15, 0.2) is 24.7 Å². The van der Waals surface area contributed by atoms with Gasteiger partial charge in [-0.2, -0.15) is 0 Å². The standard InChI is InChI=1S/C19H25N5/c1-13-5-8-23(9-6-14-2-3-14)12-16(13)19-22-11-15-10-21-18-17(24(15)19)4-7-20-18/h4,7,10-11,13-14,16,20H,2-3,5-6,8-9,12H2,1H3/t13-,16+/m0/s1. The molecule has 1 aliphatic carbocycles. The van der Waals surface area contributed by atoms with Crippen molar-refractivity contribution < 1.29 is 0 Å². The normalized spacial score (nSPS) is 25.7. The van der Waals surface area contributed by atoms with Gasteiger partial charge in [0.2, 0.25) is 0 Å². The van der Waals surface area contributed by atoms with Gasteiger partial charge in [0, 0.05) is 18.7 Å². The summed E-state index contributed by atoms with van der Waals surface area (Å²) in [5, 5.41) is 0. The lowest BCUT2D eigenvalue weighted by molar-refractivity contribution is 0.159. The average molecular weight is 323 g/mol. The number of nitrogens with one attached hydrogen (secondary N) is 1. The summed E-state index contributed by atoms with van der Waals surface area (Å²) < 4.78 is 2.31. The number of nitrogens with zero attached hydrogens (tertiary/aromatic N) is 4. The van der Waals surface area contributed by atoms with Crippen LogP contribution >= 0.6 is 0 Å². The second-order valence-electron chi connectivity index (χ2n) is 7.75. The average Bonchev–Trinajstić information content (AvgIpc) is 3.13. The van der Waals surface area contributed by atoms with E-state index in [-0.39, 0.29) is 0 Å². The van der Waals surface area contributed by atoms with Gasteiger partial charge in [-0.25, -0.2) is 9.97 Å². The zero-order chi connectivity index (χ0) is 16.1. The number of rotatable bonds is 4. The van der Waals surface area contributed by atoms with Crippen LogP contribution in [-0.2, 0) is 0 Å². The molecule has 0 radical (unpaired) electrons. The number of fused-ring (bicyclic) bond motifs is 3. The van der Waals surface area contributed by atoms with Gasteiger partial charge in [-0.1, -0.05) is 19.8 Å². The number of hydrogen-bond acceptors (Lipinski definition) is 3. The molecule has 2 fully saturated rings. The van der Waals surface area contributed by atoms with Gasteiger partial charge < -0.3 is 9.88 Å². The van der Waals surface area contributed by atoms with Crippen molar-refractivity contribution in [1.29, 1.82) is 0 Å². The third kappa shape index (κ3) is 2.42. The number of H-pyrrole nitrogens is 1. The lowest BCUT2D eigenvalue weighted by atomic mass is 9.86.